The molecule has 1 aromatic heterocycles. The molecule has 2 amide bonds. The van der Waals surface area contributed by atoms with Crippen LogP contribution in [0.15, 0.2) is 54.7 Å². The van der Waals surface area contributed by atoms with E-state index in [1.807, 2.05) is 34.9 Å². The fraction of sp³-hybridized carbons (Fsp3) is 0.514. The Labute approximate surface area is 273 Å². The van der Waals surface area contributed by atoms with Gasteiger partial charge in [-0.2, -0.15) is 0 Å². The molecule has 0 radical (unpaired) electrons. The summed E-state index contributed by atoms with van der Waals surface area (Å²) in [5, 5.41) is 21.8. The number of halogens is 2. The maximum Gasteiger partial charge on any atom is 0.410 e. The lowest BCUT2D eigenvalue weighted by atomic mass is 9.88. The molecule has 10 nitrogen and oxygen atoms in total. The minimum atomic E-state index is -1.38. The maximum atomic E-state index is 15.1. The second kappa shape index (κ2) is 14.5. The van der Waals surface area contributed by atoms with E-state index in [0.717, 1.165) is 23.8 Å². The number of ether oxygens (including phenoxy) is 2. The summed E-state index contributed by atoms with van der Waals surface area (Å²) < 4.78 is 42.5. The first-order valence-electron chi connectivity index (χ1n) is 16.1. The number of hydrogen-bond acceptors (Lipinski definition) is 7. The van der Waals surface area contributed by atoms with Gasteiger partial charge in [-0.05, 0) is 70.2 Å². The van der Waals surface area contributed by atoms with Crippen LogP contribution in [-0.2, 0) is 20.8 Å². The van der Waals surface area contributed by atoms with Crippen molar-refractivity contribution in [3.63, 3.8) is 0 Å². The first kappa shape index (κ1) is 34.5. The van der Waals surface area contributed by atoms with Crippen LogP contribution in [0.1, 0.15) is 58.0 Å². The SMILES string of the molecule is C[C@H](O)C(=O)N(C[C@H]1CN(C(=O)OC(C)(C)C)C[C@@H]1O)[C@@H](c1nc(-c2cc(F)ccc2F)cn1Cc1ccccc1)C1CCOCC1. The lowest BCUT2D eigenvalue weighted by Crippen LogP contribution is -2.48. The van der Waals surface area contributed by atoms with E-state index in [2.05, 4.69) is 0 Å². The van der Waals surface area contributed by atoms with E-state index in [0.29, 0.717) is 38.4 Å². The predicted octanol–water partition coefficient (Wildman–Crippen LogP) is 4.78. The monoisotopic (exact) mass is 654 g/mol. The van der Waals surface area contributed by atoms with Crippen LogP contribution < -0.4 is 0 Å². The molecule has 4 atom stereocenters. The van der Waals surface area contributed by atoms with Crippen LogP contribution in [0.25, 0.3) is 11.3 Å². The van der Waals surface area contributed by atoms with E-state index in [9.17, 15) is 24.2 Å². The molecule has 0 unspecified atom stereocenters. The van der Waals surface area contributed by atoms with Crippen molar-refractivity contribution < 1.29 is 38.1 Å². The zero-order valence-electron chi connectivity index (χ0n) is 27.3. The van der Waals surface area contributed by atoms with Gasteiger partial charge in [-0.3, -0.25) is 4.79 Å². The summed E-state index contributed by atoms with van der Waals surface area (Å²) in [4.78, 5) is 34.7. The highest BCUT2D eigenvalue weighted by Crippen LogP contribution is 2.38. The van der Waals surface area contributed by atoms with Gasteiger partial charge >= 0.3 is 6.09 Å². The highest BCUT2D eigenvalue weighted by Gasteiger charge is 2.43. The quantitative estimate of drug-likeness (QED) is 0.341. The molecule has 2 aliphatic rings. The molecule has 0 aliphatic carbocycles. The first-order chi connectivity index (χ1) is 22.3. The van der Waals surface area contributed by atoms with E-state index in [4.69, 9.17) is 14.5 Å². The lowest BCUT2D eigenvalue weighted by Gasteiger charge is -2.40. The molecule has 0 spiro atoms. The Hall–Kier alpha value is -3.87. The van der Waals surface area contributed by atoms with Crippen molar-refractivity contribution in [2.24, 2.45) is 11.8 Å². The second-order valence-corrected chi connectivity index (χ2v) is 13.5. The average molecular weight is 655 g/mol. The Balaban J connectivity index is 1.59. The zero-order valence-corrected chi connectivity index (χ0v) is 27.3. The summed E-state index contributed by atoms with van der Waals surface area (Å²) in [6, 6.07) is 12.0. The predicted molar refractivity (Wildman–Crippen MR) is 170 cm³/mol. The van der Waals surface area contributed by atoms with E-state index in [-0.39, 0.29) is 36.8 Å². The van der Waals surface area contributed by atoms with Crippen molar-refractivity contribution in [3.8, 4) is 11.3 Å². The molecule has 2 N–H and O–H groups in total. The van der Waals surface area contributed by atoms with Crippen LogP contribution >= 0.6 is 0 Å². The molecule has 2 fully saturated rings. The van der Waals surface area contributed by atoms with Gasteiger partial charge in [0.15, 0.2) is 0 Å². The zero-order chi connectivity index (χ0) is 33.9. The number of nitrogens with zero attached hydrogens (tertiary/aromatic N) is 4. The van der Waals surface area contributed by atoms with Gasteiger partial charge in [-0.15, -0.1) is 0 Å². The Morgan fingerprint density at radius 3 is 2.47 bits per heavy atom. The molecular weight excluding hydrogens is 610 g/mol. The summed E-state index contributed by atoms with van der Waals surface area (Å²) in [6.07, 6.45) is -0.0836. The third-order valence-corrected chi connectivity index (χ3v) is 8.65. The fourth-order valence-electron chi connectivity index (χ4n) is 6.38. The number of aromatic nitrogens is 2. The molecule has 3 aromatic rings. The molecule has 5 rings (SSSR count). The Kier molecular flexibility index (Phi) is 10.6. The molecule has 3 heterocycles. The fourth-order valence-corrected chi connectivity index (χ4v) is 6.38. The molecule has 12 heteroatoms. The van der Waals surface area contributed by atoms with Crippen molar-refractivity contribution in [1.82, 2.24) is 19.4 Å². The third kappa shape index (κ3) is 8.35. The molecule has 2 aromatic carbocycles. The lowest BCUT2D eigenvalue weighted by molar-refractivity contribution is -0.145. The summed E-state index contributed by atoms with van der Waals surface area (Å²) in [6.45, 7) is 8.07. The number of likely N-dealkylation sites (tertiary alicyclic amines) is 1. The number of carbonyl (C=O) groups excluding carboxylic acids is 2. The van der Waals surface area contributed by atoms with Crippen LogP contribution in [0.2, 0.25) is 0 Å². The number of benzene rings is 2. The van der Waals surface area contributed by atoms with Crippen molar-refractivity contribution in [1.29, 1.82) is 0 Å². The number of β-amino-alcohol motifs (C(OH)–C–C–N with tert-alkyl or cyclic N) is 1. The molecule has 47 heavy (non-hydrogen) atoms. The molecule has 2 saturated heterocycles. The van der Waals surface area contributed by atoms with Crippen LogP contribution in [0.4, 0.5) is 13.6 Å². The van der Waals surface area contributed by atoms with E-state index < -0.39 is 53.4 Å². The van der Waals surface area contributed by atoms with Crippen LogP contribution in [0.3, 0.4) is 0 Å². The maximum absolute atomic E-state index is 15.1. The highest BCUT2D eigenvalue weighted by atomic mass is 19.1. The van der Waals surface area contributed by atoms with Crippen LogP contribution in [0.5, 0.6) is 0 Å². The van der Waals surface area contributed by atoms with Gasteiger partial charge < -0.3 is 34.1 Å². The number of aliphatic hydroxyl groups is 2. The van der Waals surface area contributed by atoms with E-state index in [1.165, 1.54) is 11.8 Å². The number of carbonyl (C=O) groups is 2. The minimum absolute atomic E-state index is 0.00801. The Morgan fingerprint density at radius 1 is 1.11 bits per heavy atom. The Bertz CT molecular complexity index is 1540. The van der Waals surface area contributed by atoms with Crippen molar-refractivity contribution in [2.45, 2.75) is 70.9 Å². The number of imidazole rings is 1. The summed E-state index contributed by atoms with van der Waals surface area (Å²) in [5.74, 6) is -2.11. The van der Waals surface area contributed by atoms with Gasteiger partial charge in [0.1, 0.15) is 29.2 Å². The standard InChI is InChI=1S/C35H44F2N4O6/c1-22(42)33(44)41(19-25-18-40(21-30(25)43)34(45)47-35(2,3)4)31(24-12-14-46-15-13-24)32-38-29(27-16-26(36)10-11-28(27)37)20-39(32)17-23-8-6-5-7-9-23/h5-11,16,20,22,24-25,30-31,42-43H,12-15,17-19,21H2,1-4H3/t22-,25+,30-,31+/m0/s1. The summed E-state index contributed by atoms with van der Waals surface area (Å²) in [7, 11) is 0. The number of aliphatic hydroxyl groups excluding tert-OH is 2. The number of hydrogen-bond donors (Lipinski definition) is 2. The second-order valence-electron chi connectivity index (χ2n) is 13.5. The van der Waals surface area contributed by atoms with E-state index in [1.54, 1.807) is 31.9 Å². The normalized spacial score (nSPS) is 20.2. The van der Waals surface area contributed by atoms with Crippen molar-refractivity contribution >= 4 is 12.0 Å². The first-order valence-corrected chi connectivity index (χ1v) is 16.1. The molecule has 2 aliphatic heterocycles. The molecule has 254 valence electrons. The van der Waals surface area contributed by atoms with Gasteiger partial charge in [-0.1, -0.05) is 30.3 Å². The van der Waals surface area contributed by atoms with Gasteiger partial charge in [-0.25, -0.2) is 18.6 Å². The minimum Gasteiger partial charge on any atom is -0.444 e. The van der Waals surface area contributed by atoms with Gasteiger partial charge in [0.2, 0.25) is 0 Å². The molecular formula is C35H44F2N4O6. The van der Waals surface area contributed by atoms with E-state index >= 15 is 4.39 Å². The number of amides is 2. The van der Waals surface area contributed by atoms with Crippen molar-refractivity contribution in [2.75, 3.05) is 32.8 Å². The van der Waals surface area contributed by atoms with Gasteiger partial charge in [0, 0.05) is 50.5 Å². The topological polar surface area (TPSA) is 117 Å². The average Bonchev–Trinajstić information content (AvgIpc) is 3.60. The largest absolute Gasteiger partial charge is 0.444 e. The van der Waals surface area contributed by atoms with Gasteiger partial charge in [0.25, 0.3) is 5.91 Å². The van der Waals surface area contributed by atoms with Gasteiger partial charge in [0.05, 0.1) is 24.4 Å². The van der Waals surface area contributed by atoms with Crippen LogP contribution in [-0.4, -0.2) is 92.2 Å². The third-order valence-electron chi connectivity index (χ3n) is 8.65. The Morgan fingerprint density at radius 2 is 1.81 bits per heavy atom. The summed E-state index contributed by atoms with van der Waals surface area (Å²) >= 11 is 0. The summed E-state index contributed by atoms with van der Waals surface area (Å²) in [5.41, 5.74) is 0.385. The molecule has 0 saturated carbocycles. The molecule has 0 bridgehead atoms. The number of rotatable bonds is 9. The van der Waals surface area contributed by atoms with Crippen LogP contribution in [0, 0.1) is 23.5 Å². The van der Waals surface area contributed by atoms with Crippen molar-refractivity contribution in [3.05, 3.63) is 77.8 Å². The smallest absolute Gasteiger partial charge is 0.410 e. The highest BCUT2D eigenvalue weighted by molar-refractivity contribution is 5.81.